The van der Waals surface area contributed by atoms with Gasteiger partial charge >= 0.3 is 0 Å². The van der Waals surface area contributed by atoms with E-state index in [1.165, 1.54) is 29.5 Å². The van der Waals surface area contributed by atoms with Gasteiger partial charge in [-0.25, -0.2) is 0 Å². The molecule has 0 spiro atoms. The molecule has 0 radical (unpaired) electrons. The molecule has 0 amide bonds. The predicted molar refractivity (Wildman–Crippen MR) is 89.8 cm³/mol. The summed E-state index contributed by atoms with van der Waals surface area (Å²) in [6.45, 7) is 10.9. The molecule has 0 aliphatic carbocycles. The van der Waals surface area contributed by atoms with Crippen LogP contribution in [0.1, 0.15) is 73.9 Å². The Labute approximate surface area is 132 Å². The fourth-order valence-electron chi connectivity index (χ4n) is 2.95. The third-order valence-electron chi connectivity index (χ3n) is 4.31. The summed E-state index contributed by atoms with van der Waals surface area (Å²) in [6.07, 6.45) is 2.45. The van der Waals surface area contributed by atoms with E-state index in [1.54, 1.807) is 0 Å². The number of alkyl halides is 1. The fraction of sp³-hybridized carbons (Fsp3) is 0.667. The zero-order valence-corrected chi connectivity index (χ0v) is 14.7. The summed E-state index contributed by atoms with van der Waals surface area (Å²) in [5, 5.41) is 0. The van der Waals surface area contributed by atoms with Gasteiger partial charge in [0, 0.05) is 11.4 Å². The summed E-state index contributed by atoms with van der Waals surface area (Å²) in [5.74, 6) is 1.76. The van der Waals surface area contributed by atoms with Crippen molar-refractivity contribution in [3.8, 4) is 0 Å². The Kier molecular flexibility index (Phi) is 5.68. The van der Waals surface area contributed by atoms with Gasteiger partial charge in [0.1, 0.15) is 0 Å². The van der Waals surface area contributed by atoms with Gasteiger partial charge in [0.05, 0.1) is 6.61 Å². The van der Waals surface area contributed by atoms with Gasteiger partial charge in [-0.1, -0.05) is 61.8 Å². The van der Waals surface area contributed by atoms with Crippen LogP contribution in [0.25, 0.3) is 0 Å². The van der Waals surface area contributed by atoms with E-state index in [2.05, 4.69) is 61.8 Å². The second-order valence-electron chi connectivity index (χ2n) is 6.58. The smallest absolute Gasteiger partial charge is 0.0508 e. The second-order valence-corrected chi connectivity index (χ2v) is 7.56. The van der Waals surface area contributed by atoms with E-state index in [1.807, 2.05) is 0 Å². The van der Waals surface area contributed by atoms with Gasteiger partial charge in [-0.2, -0.15) is 0 Å². The van der Waals surface area contributed by atoms with Gasteiger partial charge < -0.3 is 4.74 Å². The van der Waals surface area contributed by atoms with E-state index in [9.17, 15) is 0 Å². The molecule has 2 heteroatoms. The molecule has 2 unspecified atom stereocenters. The van der Waals surface area contributed by atoms with Crippen LogP contribution in [0.15, 0.2) is 18.2 Å². The zero-order chi connectivity index (χ0) is 14.7. The lowest BCUT2D eigenvalue weighted by molar-refractivity contribution is 0.0545. The predicted octanol–water partition coefficient (Wildman–Crippen LogP) is 5.80. The monoisotopic (exact) mass is 338 g/mol. The summed E-state index contributed by atoms with van der Waals surface area (Å²) in [5.41, 5.74) is 4.39. The maximum atomic E-state index is 5.66. The first-order valence-electron chi connectivity index (χ1n) is 7.86. The van der Waals surface area contributed by atoms with Crippen molar-refractivity contribution >= 4 is 15.9 Å². The molecule has 1 aromatic carbocycles. The van der Waals surface area contributed by atoms with Crippen molar-refractivity contribution in [3.05, 3.63) is 34.9 Å². The van der Waals surface area contributed by atoms with Crippen LogP contribution in [-0.4, -0.2) is 13.2 Å². The Balaban J connectivity index is 2.29. The van der Waals surface area contributed by atoms with Crippen LogP contribution in [0.4, 0.5) is 0 Å². The van der Waals surface area contributed by atoms with Crippen molar-refractivity contribution in [1.29, 1.82) is 0 Å². The Morgan fingerprint density at radius 3 is 2.40 bits per heavy atom. The minimum atomic E-state index is 0.418. The molecule has 2 atom stereocenters. The molecule has 20 heavy (non-hydrogen) atoms. The minimum absolute atomic E-state index is 0.418. The second kappa shape index (κ2) is 7.09. The lowest BCUT2D eigenvalue weighted by atomic mass is 9.86. The molecule has 1 heterocycles. The number of rotatable bonds is 4. The van der Waals surface area contributed by atoms with Gasteiger partial charge in [0.25, 0.3) is 0 Å². The number of ether oxygens (including phenoxy) is 1. The van der Waals surface area contributed by atoms with E-state index < -0.39 is 0 Å². The van der Waals surface area contributed by atoms with Crippen molar-refractivity contribution in [2.45, 2.75) is 57.2 Å². The number of benzene rings is 1. The third kappa shape index (κ3) is 3.65. The number of halogens is 1. The minimum Gasteiger partial charge on any atom is -0.381 e. The van der Waals surface area contributed by atoms with Gasteiger partial charge in [0.15, 0.2) is 0 Å². The highest BCUT2D eigenvalue weighted by Crippen LogP contribution is 2.40. The van der Waals surface area contributed by atoms with E-state index in [0.29, 0.717) is 22.6 Å². The Bertz CT molecular complexity index is 433. The molecular formula is C18H27BrO. The van der Waals surface area contributed by atoms with Crippen molar-refractivity contribution in [1.82, 2.24) is 0 Å². The van der Waals surface area contributed by atoms with Crippen LogP contribution < -0.4 is 0 Å². The first-order valence-corrected chi connectivity index (χ1v) is 8.77. The first-order chi connectivity index (χ1) is 9.50. The van der Waals surface area contributed by atoms with Gasteiger partial charge in [-0.15, -0.1) is 0 Å². The summed E-state index contributed by atoms with van der Waals surface area (Å²) in [4.78, 5) is 0.418. The molecule has 1 fully saturated rings. The van der Waals surface area contributed by atoms with Crippen LogP contribution in [0, 0.1) is 5.92 Å². The van der Waals surface area contributed by atoms with E-state index in [-0.39, 0.29) is 0 Å². The third-order valence-corrected chi connectivity index (χ3v) is 5.55. The summed E-state index contributed by atoms with van der Waals surface area (Å²) in [6, 6.07) is 7.03. The van der Waals surface area contributed by atoms with Crippen molar-refractivity contribution in [3.63, 3.8) is 0 Å². The summed E-state index contributed by atoms with van der Waals surface area (Å²) in [7, 11) is 0. The highest BCUT2D eigenvalue weighted by Gasteiger charge is 2.26. The van der Waals surface area contributed by atoms with Crippen molar-refractivity contribution in [2.24, 2.45) is 5.92 Å². The molecule has 0 aromatic heterocycles. The molecule has 0 N–H and O–H groups in total. The first kappa shape index (κ1) is 16.0. The molecule has 1 saturated heterocycles. The van der Waals surface area contributed by atoms with E-state index >= 15 is 0 Å². The molecule has 1 nitrogen and oxygen atoms in total. The van der Waals surface area contributed by atoms with E-state index in [0.717, 1.165) is 13.2 Å². The Hall–Kier alpha value is -0.340. The largest absolute Gasteiger partial charge is 0.381 e. The molecule has 2 rings (SSSR count). The highest BCUT2D eigenvalue weighted by atomic mass is 79.9. The molecule has 1 aromatic rings. The SMILES string of the molecule is CC(C)c1ccc(C(Br)C2CCCOC2)c(C(C)C)c1. The summed E-state index contributed by atoms with van der Waals surface area (Å²) < 4.78 is 5.66. The number of hydrogen-bond donors (Lipinski definition) is 0. The fourth-order valence-corrected chi connectivity index (χ4v) is 3.79. The Morgan fingerprint density at radius 2 is 1.85 bits per heavy atom. The molecule has 1 aliphatic heterocycles. The highest BCUT2D eigenvalue weighted by molar-refractivity contribution is 9.09. The molecule has 1 aliphatic rings. The van der Waals surface area contributed by atoms with Gasteiger partial charge in [0.2, 0.25) is 0 Å². The molecule has 0 saturated carbocycles. The van der Waals surface area contributed by atoms with Crippen molar-refractivity contribution in [2.75, 3.05) is 13.2 Å². The Morgan fingerprint density at radius 1 is 1.10 bits per heavy atom. The normalized spacial score (nSPS) is 21.4. The molecule has 0 bridgehead atoms. The average molecular weight is 339 g/mol. The lowest BCUT2D eigenvalue weighted by Crippen LogP contribution is -2.21. The van der Waals surface area contributed by atoms with Crippen LogP contribution in [0.3, 0.4) is 0 Å². The van der Waals surface area contributed by atoms with Gasteiger partial charge in [-0.3, -0.25) is 0 Å². The lowest BCUT2D eigenvalue weighted by Gasteiger charge is -2.29. The maximum absolute atomic E-state index is 5.66. The van der Waals surface area contributed by atoms with Crippen LogP contribution in [0.5, 0.6) is 0 Å². The standard InChI is InChI=1S/C18H27BrO/c1-12(2)14-7-8-16(17(10-14)13(3)4)18(19)15-6-5-9-20-11-15/h7-8,10,12-13,15,18H,5-6,9,11H2,1-4H3. The maximum Gasteiger partial charge on any atom is 0.0508 e. The number of hydrogen-bond acceptors (Lipinski definition) is 1. The van der Waals surface area contributed by atoms with Crippen LogP contribution in [0.2, 0.25) is 0 Å². The quantitative estimate of drug-likeness (QED) is 0.630. The molecular weight excluding hydrogens is 312 g/mol. The topological polar surface area (TPSA) is 9.23 Å². The average Bonchev–Trinajstić information content (AvgIpc) is 2.46. The van der Waals surface area contributed by atoms with E-state index in [4.69, 9.17) is 4.74 Å². The van der Waals surface area contributed by atoms with Crippen molar-refractivity contribution < 1.29 is 4.74 Å². The molecule has 112 valence electrons. The summed E-state index contributed by atoms with van der Waals surface area (Å²) >= 11 is 3.95. The van der Waals surface area contributed by atoms with Crippen LogP contribution >= 0.6 is 15.9 Å². The van der Waals surface area contributed by atoms with Gasteiger partial charge in [-0.05, 0) is 47.3 Å². The van der Waals surface area contributed by atoms with Crippen LogP contribution in [-0.2, 0) is 4.74 Å². The zero-order valence-electron chi connectivity index (χ0n) is 13.2.